The highest BCUT2D eigenvalue weighted by Gasteiger charge is 1.87. The minimum atomic E-state index is -0.777. The van der Waals surface area contributed by atoms with E-state index in [0.717, 1.165) is 12.2 Å². The van der Waals surface area contributed by atoms with Crippen LogP contribution in [0.4, 0.5) is 0 Å². The number of nitrogens with one attached hydrogen (secondary N) is 1. The van der Waals surface area contributed by atoms with Gasteiger partial charge in [-0.1, -0.05) is 6.92 Å². The normalized spacial score (nSPS) is 14.0. The van der Waals surface area contributed by atoms with Crippen molar-refractivity contribution in [1.82, 2.24) is 4.72 Å². The summed E-state index contributed by atoms with van der Waals surface area (Å²) in [5.74, 6) is 0.760. The third kappa shape index (κ3) is 3.95. The van der Waals surface area contributed by atoms with Crippen molar-refractivity contribution in [3.05, 3.63) is 0 Å². The molecule has 0 fully saturated rings. The van der Waals surface area contributed by atoms with Gasteiger partial charge in [-0.15, -0.1) is 0 Å². The number of hydrogen-bond acceptors (Lipinski definition) is 1. The minimum absolute atomic E-state index is 0.760. The molecule has 0 saturated heterocycles. The van der Waals surface area contributed by atoms with E-state index in [9.17, 15) is 4.21 Å². The maximum Gasteiger partial charge on any atom is 0.0912 e. The number of rotatable bonds is 3. The summed E-state index contributed by atoms with van der Waals surface area (Å²) in [7, 11) is 0.923. The topological polar surface area (TPSA) is 29.1 Å². The maximum absolute atomic E-state index is 10.4. The van der Waals surface area contributed by atoms with E-state index >= 15 is 0 Å². The molecule has 1 unspecified atom stereocenters. The molecule has 0 amide bonds. The lowest BCUT2D eigenvalue weighted by Crippen LogP contribution is -2.12. The lowest BCUT2D eigenvalue weighted by Gasteiger charge is -1.91. The first-order chi connectivity index (χ1) is 3.31. The molecule has 0 aromatic rings. The van der Waals surface area contributed by atoms with Gasteiger partial charge in [0, 0.05) is 5.75 Å². The molecule has 0 spiro atoms. The predicted octanol–water partition coefficient (Wildman–Crippen LogP) is 0.280. The summed E-state index contributed by atoms with van der Waals surface area (Å²) in [5, 5.41) is 0. The fraction of sp³-hybridized carbons (Fsp3) is 1.00. The molecule has 1 N–H and O–H groups in total. The van der Waals surface area contributed by atoms with Crippen molar-refractivity contribution in [3.63, 3.8) is 0 Å². The molecule has 3 heteroatoms. The fourth-order valence-electron chi connectivity index (χ4n) is 0.287. The highest BCUT2D eigenvalue weighted by Crippen LogP contribution is 1.77. The molecule has 2 nitrogen and oxygen atoms in total. The van der Waals surface area contributed by atoms with Crippen LogP contribution in [0.15, 0.2) is 0 Å². The Balaban J connectivity index is 3.00. The van der Waals surface area contributed by atoms with Crippen LogP contribution in [0.3, 0.4) is 0 Å². The van der Waals surface area contributed by atoms with Gasteiger partial charge in [-0.25, -0.2) is 8.93 Å². The molecular weight excluding hydrogens is 110 g/mol. The SMILES string of the molecule is CCCS(=O)NC. The summed E-state index contributed by atoms with van der Waals surface area (Å²) < 4.78 is 13.0. The lowest BCUT2D eigenvalue weighted by molar-refractivity contribution is 0.676. The van der Waals surface area contributed by atoms with Gasteiger partial charge in [0.1, 0.15) is 0 Å². The van der Waals surface area contributed by atoms with Gasteiger partial charge in [-0.05, 0) is 13.5 Å². The van der Waals surface area contributed by atoms with E-state index in [4.69, 9.17) is 0 Å². The third-order valence-corrected chi connectivity index (χ3v) is 1.85. The van der Waals surface area contributed by atoms with Crippen LogP contribution in [0.5, 0.6) is 0 Å². The Labute approximate surface area is 46.9 Å². The Hall–Kier alpha value is 0.110. The highest BCUT2D eigenvalue weighted by molar-refractivity contribution is 7.82. The van der Waals surface area contributed by atoms with Gasteiger partial charge in [-0.2, -0.15) is 0 Å². The van der Waals surface area contributed by atoms with Gasteiger partial charge in [0.2, 0.25) is 0 Å². The van der Waals surface area contributed by atoms with Crippen LogP contribution >= 0.6 is 0 Å². The Morgan fingerprint density at radius 1 is 1.71 bits per heavy atom. The monoisotopic (exact) mass is 121 g/mol. The molecule has 0 heterocycles. The zero-order chi connectivity index (χ0) is 5.70. The molecule has 0 radical (unpaired) electrons. The zero-order valence-electron chi connectivity index (χ0n) is 4.73. The summed E-state index contributed by atoms with van der Waals surface area (Å²) >= 11 is 0. The Kier molecular flexibility index (Phi) is 4.34. The average molecular weight is 121 g/mol. The molecule has 0 aliphatic rings. The van der Waals surface area contributed by atoms with E-state index in [1.54, 1.807) is 7.05 Å². The van der Waals surface area contributed by atoms with Crippen LogP contribution in [0.25, 0.3) is 0 Å². The van der Waals surface area contributed by atoms with Crippen LogP contribution < -0.4 is 4.72 Å². The average Bonchev–Trinajstić information content (AvgIpc) is 1.68. The summed E-state index contributed by atoms with van der Waals surface area (Å²) in [4.78, 5) is 0. The van der Waals surface area contributed by atoms with Crippen molar-refractivity contribution in [2.45, 2.75) is 13.3 Å². The Morgan fingerprint density at radius 3 is 2.43 bits per heavy atom. The van der Waals surface area contributed by atoms with Gasteiger partial charge in [0.15, 0.2) is 0 Å². The van der Waals surface area contributed by atoms with Crippen molar-refractivity contribution in [2.24, 2.45) is 0 Å². The molecule has 1 atom stereocenters. The first-order valence-electron chi connectivity index (χ1n) is 2.37. The molecule has 0 aromatic heterocycles. The molecule has 0 aromatic carbocycles. The largest absolute Gasteiger partial charge is 0.243 e. The number of hydrogen-bond donors (Lipinski definition) is 1. The minimum Gasteiger partial charge on any atom is -0.243 e. The van der Waals surface area contributed by atoms with Crippen LogP contribution in [0.2, 0.25) is 0 Å². The fourth-order valence-corrected chi connectivity index (χ4v) is 0.862. The summed E-state index contributed by atoms with van der Waals surface area (Å²) in [6.07, 6.45) is 0.980. The van der Waals surface area contributed by atoms with Crippen molar-refractivity contribution in [1.29, 1.82) is 0 Å². The van der Waals surface area contributed by atoms with E-state index in [2.05, 4.69) is 4.72 Å². The summed E-state index contributed by atoms with van der Waals surface area (Å²) in [6, 6.07) is 0. The summed E-state index contributed by atoms with van der Waals surface area (Å²) in [6.45, 7) is 2.01. The Bertz CT molecular complexity index is 64.7. The van der Waals surface area contributed by atoms with Crippen molar-refractivity contribution in [3.8, 4) is 0 Å². The maximum atomic E-state index is 10.4. The second-order valence-electron chi connectivity index (χ2n) is 1.25. The molecule has 0 aliphatic heterocycles. The Morgan fingerprint density at radius 2 is 2.29 bits per heavy atom. The van der Waals surface area contributed by atoms with Gasteiger partial charge < -0.3 is 0 Å². The van der Waals surface area contributed by atoms with Gasteiger partial charge in [0.05, 0.1) is 11.0 Å². The van der Waals surface area contributed by atoms with Crippen molar-refractivity contribution >= 4 is 11.0 Å². The first kappa shape index (κ1) is 7.11. The predicted molar refractivity (Wildman–Crippen MR) is 32.4 cm³/mol. The third-order valence-electron chi connectivity index (χ3n) is 0.617. The van der Waals surface area contributed by atoms with Gasteiger partial charge in [0.25, 0.3) is 0 Å². The zero-order valence-corrected chi connectivity index (χ0v) is 5.55. The standard InChI is InChI=1S/C4H11NOS/c1-3-4-7(6)5-2/h5H,3-4H2,1-2H3. The van der Waals surface area contributed by atoms with E-state index in [-0.39, 0.29) is 0 Å². The van der Waals surface area contributed by atoms with E-state index in [0.29, 0.717) is 0 Å². The van der Waals surface area contributed by atoms with E-state index in [1.807, 2.05) is 6.92 Å². The van der Waals surface area contributed by atoms with Crippen molar-refractivity contribution < 1.29 is 4.21 Å². The molecule has 0 aliphatic carbocycles. The van der Waals surface area contributed by atoms with E-state index in [1.165, 1.54) is 0 Å². The molecule has 0 saturated carbocycles. The van der Waals surface area contributed by atoms with Gasteiger partial charge in [-0.3, -0.25) is 0 Å². The molecule has 0 rings (SSSR count). The van der Waals surface area contributed by atoms with Crippen LogP contribution in [-0.2, 0) is 11.0 Å². The second kappa shape index (κ2) is 4.27. The molecule has 7 heavy (non-hydrogen) atoms. The molecule has 44 valence electrons. The highest BCUT2D eigenvalue weighted by atomic mass is 32.2. The molecular formula is C4H11NOS. The lowest BCUT2D eigenvalue weighted by atomic mass is 10.6. The summed E-state index contributed by atoms with van der Waals surface area (Å²) in [5.41, 5.74) is 0. The van der Waals surface area contributed by atoms with Gasteiger partial charge >= 0.3 is 0 Å². The van der Waals surface area contributed by atoms with Crippen LogP contribution in [0.1, 0.15) is 13.3 Å². The first-order valence-corrected chi connectivity index (χ1v) is 3.69. The second-order valence-corrected chi connectivity index (χ2v) is 2.76. The quantitative estimate of drug-likeness (QED) is 0.571. The van der Waals surface area contributed by atoms with E-state index < -0.39 is 11.0 Å². The smallest absolute Gasteiger partial charge is 0.0912 e. The van der Waals surface area contributed by atoms with Crippen LogP contribution in [-0.4, -0.2) is 17.0 Å². The molecule has 0 bridgehead atoms. The van der Waals surface area contributed by atoms with Crippen molar-refractivity contribution in [2.75, 3.05) is 12.8 Å². The van der Waals surface area contributed by atoms with Crippen LogP contribution in [0, 0.1) is 0 Å².